The minimum atomic E-state index is -0.661. The van der Waals surface area contributed by atoms with Gasteiger partial charge in [0.15, 0.2) is 0 Å². The zero-order chi connectivity index (χ0) is 15.1. The largest absolute Gasteiger partial charge is 0.508 e. The first-order chi connectivity index (χ1) is 9.38. The molecule has 1 aromatic carbocycles. The topological polar surface area (TPSA) is 95.6 Å². The van der Waals surface area contributed by atoms with Crippen molar-refractivity contribution in [1.29, 1.82) is 0 Å². The molecule has 1 aromatic rings. The van der Waals surface area contributed by atoms with Crippen LogP contribution in [-0.4, -0.2) is 34.8 Å². The normalized spacial score (nSPS) is 14.1. The SMILES string of the molecule is CC(C)CC(O)CNC(=O)[C@H](N)Cc1ccc(O)cc1. The number of aromatic hydroxyl groups is 1. The Balaban J connectivity index is 2.37. The number of nitrogens with two attached hydrogens (primary N) is 1. The summed E-state index contributed by atoms with van der Waals surface area (Å²) >= 11 is 0. The quantitative estimate of drug-likeness (QED) is 0.593. The summed E-state index contributed by atoms with van der Waals surface area (Å²) in [6.07, 6.45) is 0.500. The molecule has 20 heavy (non-hydrogen) atoms. The highest BCUT2D eigenvalue weighted by atomic mass is 16.3. The monoisotopic (exact) mass is 280 g/mol. The van der Waals surface area contributed by atoms with Crippen molar-refractivity contribution in [2.75, 3.05) is 6.54 Å². The van der Waals surface area contributed by atoms with Crippen LogP contribution in [0.5, 0.6) is 5.75 Å². The molecule has 5 N–H and O–H groups in total. The molecule has 0 heterocycles. The van der Waals surface area contributed by atoms with Crippen LogP contribution in [0.15, 0.2) is 24.3 Å². The molecular weight excluding hydrogens is 256 g/mol. The maximum Gasteiger partial charge on any atom is 0.237 e. The smallest absolute Gasteiger partial charge is 0.237 e. The molecule has 0 fully saturated rings. The van der Waals surface area contributed by atoms with E-state index in [4.69, 9.17) is 5.73 Å². The van der Waals surface area contributed by atoms with Gasteiger partial charge in [0.25, 0.3) is 0 Å². The molecule has 0 saturated heterocycles. The van der Waals surface area contributed by atoms with E-state index in [0.29, 0.717) is 18.8 Å². The molecule has 0 bridgehead atoms. The molecule has 0 saturated carbocycles. The number of amides is 1. The molecule has 0 aliphatic carbocycles. The predicted molar refractivity (Wildman–Crippen MR) is 78.3 cm³/mol. The van der Waals surface area contributed by atoms with Crippen LogP contribution in [0, 0.1) is 5.92 Å². The molecule has 1 unspecified atom stereocenters. The van der Waals surface area contributed by atoms with Gasteiger partial charge in [-0.2, -0.15) is 0 Å². The van der Waals surface area contributed by atoms with Crippen LogP contribution in [0.1, 0.15) is 25.8 Å². The lowest BCUT2D eigenvalue weighted by molar-refractivity contribution is -0.122. The summed E-state index contributed by atoms with van der Waals surface area (Å²) in [5.41, 5.74) is 6.70. The van der Waals surface area contributed by atoms with E-state index in [9.17, 15) is 15.0 Å². The van der Waals surface area contributed by atoms with Crippen molar-refractivity contribution >= 4 is 5.91 Å². The minimum Gasteiger partial charge on any atom is -0.508 e. The van der Waals surface area contributed by atoms with E-state index < -0.39 is 12.1 Å². The van der Waals surface area contributed by atoms with Crippen molar-refractivity contribution in [1.82, 2.24) is 5.32 Å². The van der Waals surface area contributed by atoms with Gasteiger partial charge in [0.2, 0.25) is 5.91 Å². The van der Waals surface area contributed by atoms with Gasteiger partial charge in [-0.15, -0.1) is 0 Å². The highest BCUT2D eigenvalue weighted by Crippen LogP contribution is 2.11. The van der Waals surface area contributed by atoms with Crippen molar-refractivity contribution in [2.45, 2.75) is 38.8 Å². The van der Waals surface area contributed by atoms with Gasteiger partial charge < -0.3 is 21.3 Å². The van der Waals surface area contributed by atoms with Crippen LogP contribution < -0.4 is 11.1 Å². The van der Waals surface area contributed by atoms with E-state index >= 15 is 0 Å². The number of carbonyl (C=O) groups is 1. The van der Waals surface area contributed by atoms with Gasteiger partial charge in [-0.1, -0.05) is 26.0 Å². The fourth-order valence-electron chi connectivity index (χ4n) is 1.96. The van der Waals surface area contributed by atoms with Crippen molar-refractivity contribution in [3.8, 4) is 5.75 Å². The first-order valence-electron chi connectivity index (χ1n) is 6.87. The predicted octanol–water partition coefficient (Wildman–Crippen LogP) is 0.785. The van der Waals surface area contributed by atoms with Crippen LogP contribution in [0.3, 0.4) is 0 Å². The third-order valence-corrected chi connectivity index (χ3v) is 2.98. The summed E-state index contributed by atoms with van der Waals surface area (Å²) in [5, 5.41) is 21.5. The number of benzene rings is 1. The molecule has 0 radical (unpaired) electrons. The maximum atomic E-state index is 11.8. The van der Waals surface area contributed by atoms with E-state index in [1.54, 1.807) is 24.3 Å². The fourth-order valence-corrected chi connectivity index (χ4v) is 1.96. The van der Waals surface area contributed by atoms with Crippen LogP contribution in [0.2, 0.25) is 0 Å². The number of phenols is 1. The summed E-state index contributed by atoms with van der Waals surface area (Å²) in [4.78, 5) is 11.8. The molecule has 112 valence electrons. The van der Waals surface area contributed by atoms with Crippen LogP contribution in [0.4, 0.5) is 0 Å². The average Bonchev–Trinajstić information content (AvgIpc) is 2.37. The molecule has 0 aliphatic rings. The number of hydrogen-bond acceptors (Lipinski definition) is 4. The van der Waals surface area contributed by atoms with Gasteiger partial charge >= 0.3 is 0 Å². The fraction of sp³-hybridized carbons (Fsp3) is 0.533. The Kier molecular flexibility index (Phi) is 6.48. The number of aliphatic hydroxyl groups is 1. The lowest BCUT2D eigenvalue weighted by atomic mass is 10.0. The van der Waals surface area contributed by atoms with Crippen molar-refractivity contribution in [3.63, 3.8) is 0 Å². The Hall–Kier alpha value is -1.59. The van der Waals surface area contributed by atoms with Crippen LogP contribution in [0.25, 0.3) is 0 Å². The van der Waals surface area contributed by atoms with E-state index in [-0.39, 0.29) is 18.2 Å². The molecule has 0 aliphatic heterocycles. The van der Waals surface area contributed by atoms with Crippen LogP contribution in [-0.2, 0) is 11.2 Å². The minimum absolute atomic E-state index is 0.184. The molecule has 0 spiro atoms. The highest BCUT2D eigenvalue weighted by Gasteiger charge is 2.15. The van der Waals surface area contributed by atoms with Crippen LogP contribution >= 0.6 is 0 Å². The van der Waals surface area contributed by atoms with E-state index in [1.807, 2.05) is 13.8 Å². The molecule has 1 amide bonds. The van der Waals surface area contributed by atoms with Crippen molar-refractivity contribution in [2.24, 2.45) is 11.7 Å². The third kappa shape index (κ3) is 6.04. The summed E-state index contributed by atoms with van der Waals surface area (Å²) in [6.45, 7) is 4.25. The Morgan fingerprint density at radius 1 is 1.30 bits per heavy atom. The second-order valence-corrected chi connectivity index (χ2v) is 5.51. The average molecular weight is 280 g/mol. The highest BCUT2D eigenvalue weighted by molar-refractivity contribution is 5.81. The van der Waals surface area contributed by atoms with Gasteiger partial charge in [-0.05, 0) is 36.5 Å². The first kappa shape index (κ1) is 16.5. The summed E-state index contributed by atoms with van der Waals surface area (Å²) < 4.78 is 0. The van der Waals surface area contributed by atoms with Crippen molar-refractivity contribution in [3.05, 3.63) is 29.8 Å². The van der Waals surface area contributed by atoms with Gasteiger partial charge in [0, 0.05) is 6.54 Å². The zero-order valence-corrected chi connectivity index (χ0v) is 12.0. The lowest BCUT2D eigenvalue weighted by Gasteiger charge is -2.16. The summed E-state index contributed by atoms with van der Waals surface area (Å²) in [6, 6.07) is 5.93. The van der Waals surface area contributed by atoms with Gasteiger partial charge in [0.05, 0.1) is 12.1 Å². The molecule has 0 aromatic heterocycles. The van der Waals surface area contributed by atoms with E-state index in [2.05, 4.69) is 5.32 Å². The van der Waals surface area contributed by atoms with E-state index in [0.717, 1.165) is 5.56 Å². The molecule has 5 nitrogen and oxygen atoms in total. The van der Waals surface area contributed by atoms with E-state index in [1.165, 1.54) is 0 Å². The second kappa shape index (κ2) is 7.87. The molecule has 5 heteroatoms. The number of nitrogens with one attached hydrogen (secondary N) is 1. The molecule has 2 atom stereocenters. The summed E-state index contributed by atoms with van der Waals surface area (Å²) in [5.74, 6) is 0.289. The number of hydrogen-bond donors (Lipinski definition) is 4. The second-order valence-electron chi connectivity index (χ2n) is 5.51. The Bertz CT molecular complexity index is 418. The Morgan fingerprint density at radius 3 is 2.45 bits per heavy atom. The lowest BCUT2D eigenvalue weighted by Crippen LogP contribution is -2.44. The maximum absolute atomic E-state index is 11.8. The van der Waals surface area contributed by atoms with Gasteiger partial charge in [-0.25, -0.2) is 0 Å². The number of phenolic OH excluding ortho intramolecular Hbond substituents is 1. The zero-order valence-electron chi connectivity index (χ0n) is 12.0. The Labute approximate surface area is 119 Å². The number of aliphatic hydroxyl groups excluding tert-OH is 1. The standard InChI is InChI=1S/C15H24N2O3/c1-10(2)7-13(19)9-17-15(20)14(16)8-11-3-5-12(18)6-4-11/h3-6,10,13-14,18-19H,7-9,16H2,1-2H3,(H,17,20)/t13?,14-/m1/s1. The summed E-state index contributed by atoms with van der Waals surface area (Å²) in [7, 11) is 0. The number of carbonyl (C=O) groups excluding carboxylic acids is 1. The Morgan fingerprint density at radius 2 is 1.90 bits per heavy atom. The van der Waals surface area contributed by atoms with Crippen molar-refractivity contribution < 1.29 is 15.0 Å². The molecular formula is C15H24N2O3. The number of rotatable bonds is 7. The molecule has 1 rings (SSSR count). The third-order valence-electron chi connectivity index (χ3n) is 2.98. The first-order valence-corrected chi connectivity index (χ1v) is 6.87. The van der Waals surface area contributed by atoms with Gasteiger partial charge in [0.1, 0.15) is 5.75 Å². The van der Waals surface area contributed by atoms with Gasteiger partial charge in [-0.3, -0.25) is 4.79 Å².